The quantitative estimate of drug-likeness (QED) is 0.686. The predicted octanol–water partition coefficient (Wildman–Crippen LogP) is 1.95. The van der Waals surface area contributed by atoms with Crippen molar-refractivity contribution < 1.29 is 14.2 Å². The van der Waals surface area contributed by atoms with Crippen molar-refractivity contribution in [1.82, 2.24) is 0 Å². The standard InChI is InChI=1S/C12H23BO3/c1-5-14-10-6-9(13)7-15-11(10)8-16-12(2,3)4/h9-11H,5-8H2,1-4H3. The van der Waals surface area contributed by atoms with E-state index in [1.54, 1.807) is 0 Å². The molecule has 4 heteroatoms. The minimum atomic E-state index is -0.139. The predicted molar refractivity (Wildman–Crippen MR) is 65.0 cm³/mol. The molecule has 1 aliphatic heterocycles. The summed E-state index contributed by atoms with van der Waals surface area (Å²) in [7, 11) is 5.85. The third-order valence-electron chi connectivity index (χ3n) is 2.54. The molecule has 0 aliphatic carbocycles. The Hall–Kier alpha value is -0.0551. The summed E-state index contributed by atoms with van der Waals surface area (Å²) in [4.78, 5) is 0. The highest BCUT2D eigenvalue weighted by Crippen LogP contribution is 2.25. The molecule has 2 radical (unpaired) electrons. The highest BCUT2D eigenvalue weighted by atomic mass is 16.6. The summed E-state index contributed by atoms with van der Waals surface area (Å²) in [6, 6.07) is 0. The average molecular weight is 226 g/mol. The van der Waals surface area contributed by atoms with E-state index in [4.69, 9.17) is 22.1 Å². The first-order valence-corrected chi connectivity index (χ1v) is 6.05. The SMILES string of the molecule is [B]C1COC(COC(C)(C)C)C(OCC)C1. The van der Waals surface area contributed by atoms with E-state index in [1.807, 2.05) is 27.7 Å². The van der Waals surface area contributed by atoms with Crippen molar-refractivity contribution in [2.75, 3.05) is 19.8 Å². The number of hydrogen-bond acceptors (Lipinski definition) is 3. The minimum Gasteiger partial charge on any atom is -0.376 e. The Balaban J connectivity index is 2.42. The van der Waals surface area contributed by atoms with E-state index in [-0.39, 0.29) is 23.6 Å². The van der Waals surface area contributed by atoms with Gasteiger partial charge in [0.15, 0.2) is 0 Å². The summed E-state index contributed by atoms with van der Waals surface area (Å²) in [5.41, 5.74) is -0.139. The first-order valence-electron chi connectivity index (χ1n) is 6.05. The lowest BCUT2D eigenvalue weighted by atomic mass is 9.80. The van der Waals surface area contributed by atoms with Crippen LogP contribution in [0.3, 0.4) is 0 Å². The Kier molecular flexibility index (Phi) is 5.28. The molecule has 0 aromatic rings. The molecule has 1 saturated heterocycles. The van der Waals surface area contributed by atoms with E-state index in [0.29, 0.717) is 19.8 Å². The van der Waals surface area contributed by atoms with Crippen molar-refractivity contribution in [3.05, 3.63) is 0 Å². The summed E-state index contributed by atoms with van der Waals surface area (Å²) in [6.45, 7) is 9.96. The Morgan fingerprint density at radius 2 is 2.06 bits per heavy atom. The lowest BCUT2D eigenvalue weighted by Crippen LogP contribution is -2.43. The molecule has 3 nitrogen and oxygen atoms in total. The van der Waals surface area contributed by atoms with Gasteiger partial charge in [-0.25, -0.2) is 0 Å². The Bertz CT molecular complexity index is 203. The smallest absolute Gasteiger partial charge is 0.107 e. The van der Waals surface area contributed by atoms with Gasteiger partial charge in [-0.15, -0.1) is 0 Å². The second-order valence-corrected chi connectivity index (χ2v) is 5.28. The number of hydrogen-bond donors (Lipinski definition) is 0. The molecular weight excluding hydrogens is 203 g/mol. The molecule has 92 valence electrons. The molecule has 1 fully saturated rings. The van der Waals surface area contributed by atoms with Gasteiger partial charge in [-0.2, -0.15) is 0 Å². The summed E-state index contributed by atoms with van der Waals surface area (Å²) < 4.78 is 17.1. The second-order valence-electron chi connectivity index (χ2n) is 5.28. The monoisotopic (exact) mass is 226 g/mol. The van der Waals surface area contributed by atoms with Gasteiger partial charge in [-0.3, -0.25) is 0 Å². The van der Waals surface area contributed by atoms with Gasteiger partial charge in [0, 0.05) is 13.2 Å². The summed E-state index contributed by atoms with van der Waals surface area (Å²) in [5, 5.41) is 0. The zero-order valence-electron chi connectivity index (χ0n) is 10.9. The first-order chi connectivity index (χ1) is 7.42. The van der Waals surface area contributed by atoms with Gasteiger partial charge in [-0.1, -0.05) is 5.82 Å². The average Bonchev–Trinajstić information content (AvgIpc) is 2.15. The van der Waals surface area contributed by atoms with Crippen LogP contribution in [0.5, 0.6) is 0 Å². The topological polar surface area (TPSA) is 27.7 Å². The highest BCUT2D eigenvalue weighted by molar-refractivity contribution is 6.11. The van der Waals surface area contributed by atoms with Crippen molar-refractivity contribution in [3.8, 4) is 0 Å². The normalized spacial score (nSPS) is 31.6. The van der Waals surface area contributed by atoms with Crippen molar-refractivity contribution in [1.29, 1.82) is 0 Å². The molecule has 3 unspecified atom stereocenters. The first kappa shape index (κ1) is 14.0. The van der Waals surface area contributed by atoms with Crippen LogP contribution in [-0.4, -0.2) is 45.5 Å². The molecule has 0 aromatic carbocycles. The molecule has 0 bridgehead atoms. The number of rotatable bonds is 4. The van der Waals surface area contributed by atoms with Crippen molar-refractivity contribution in [3.63, 3.8) is 0 Å². The van der Waals surface area contributed by atoms with Crippen molar-refractivity contribution in [2.24, 2.45) is 0 Å². The molecule has 0 N–H and O–H groups in total. The van der Waals surface area contributed by atoms with Crippen LogP contribution in [0.1, 0.15) is 34.1 Å². The molecule has 1 rings (SSSR count). The van der Waals surface area contributed by atoms with Gasteiger partial charge in [-0.05, 0) is 34.1 Å². The van der Waals surface area contributed by atoms with Gasteiger partial charge in [0.05, 0.1) is 26.2 Å². The van der Waals surface area contributed by atoms with Crippen LogP contribution in [0, 0.1) is 0 Å². The highest BCUT2D eigenvalue weighted by Gasteiger charge is 2.30. The van der Waals surface area contributed by atoms with E-state index < -0.39 is 0 Å². The Morgan fingerprint density at radius 1 is 1.38 bits per heavy atom. The second kappa shape index (κ2) is 6.03. The molecular formula is C12H23BO3. The lowest BCUT2D eigenvalue weighted by molar-refractivity contribution is -0.147. The van der Waals surface area contributed by atoms with Gasteiger partial charge in [0.25, 0.3) is 0 Å². The van der Waals surface area contributed by atoms with Crippen LogP contribution < -0.4 is 0 Å². The third kappa shape index (κ3) is 4.85. The molecule has 3 atom stereocenters. The van der Waals surface area contributed by atoms with E-state index in [0.717, 1.165) is 6.42 Å². The molecule has 0 aromatic heterocycles. The summed E-state index contributed by atoms with van der Waals surface area (Å²) in [5.74, 6) is 0.0856. The minimum absolute atomic E-state index is 0.0129. The third-order valence-corrected chi connectivity index (χ3v) is 2.54. The Morgan fingerprint density at radius 3 is 2.62 bits per heavy atom. The fourth-order valence-corrected chi connectivity index (χ4v) is 1.75. The van der Waals surface area contributed by atoms with E-state index in [2.05, 4.69) is 0 Å². The zero-order chi connectivity index (χ0) is 12.2. The largest absolute Gasteiger partial charge is 0.376 e. The molecule has 0 amide bonds. The fraction of sp³-hybridized carbons (Fsp3) is 1.00. The lowest BCUT2D eigenvalue weighted by Gasteiger charge is -2.36. The van der Waals surface area contributed by atoms with E-state index in [9.17, 15) is 0 Å². The van der Waals surface area contributed by atoms with Gasteiger partial charge in [0.2, 0.25) is 0 Å². The van der Waals surface area contributed by atoms with Crippen LogP contribution in [0.15, 0.2) is 0 Å². The van der Waals surface area contributed by atoms with Crippen LogP contribution in [0.4, 0.5) is 0 Å². The van der Waals surface area contributed by atoms with Gasteiger partial charge in [0.1, 0.15) is 6.10 Å². The molecule has 0 spiro atoms. The van der Waals surface area contributed by atoms with Gasteiger partial charge < -0.3 is 14.2 Å². The van der Waals surface area contributed by atoms with Crippen LogP contribution in [0.25, 0.3) is 0 Å². The molecule has 1 aliphatic rings. The van der Waals surface area contributed by atoms with E-state index >= 15 is 0 Å². The van der Waals surface area contributed by atoms with Gasteiger partial charge >= 0.3 is 0 Å². The van der Waals surface area contributed by atoms with Crippen molar-refractivity contribution in [2.45, 2.75) is 57.7 Å². The maximum Gasteiger partial charge on any atom is 0.107 e. The summed E-state index contributed by atoms with van der Waals surface area (Å²) >= 11 is 0. The molecule has 0 saturated carbocycles. The van der Waals surface area contributed by atoms with Crippen LogP contribution in [-0.2, 0) is 14.2 Å². The summed E-state index contributed by atoms with van der Waals surface area (Å²) in [6.07, 6.45) is 0.932. The van der Waals surface area contributed by atoms with Crippen LogP contribution in [0.2, 0.25) is 5.82 Å². The zero-order valence-corrected chi connectivity index (χ0v) is 10.9. The Labute approximate surface area is 100 Å². The molecule has 1 heterocycles. The number of ether oxygens (including phenoxy) is 3. The van der Waals surface area contributed by atoms with Crippen LogP contribution >= 0.6 is 0 Å². The van der Waals surface area contributed by atoms with Crippen molar-refractivity contribution >= 4 is 7.85 Å². The maximum absolute atomic E-state index is 5.85. The van der Waals surface area contributed by atoms with E-state index in [1.165, 1.54) is 0 Å². The maximum atomic E-state index is 5.85. The fourth-order valence-electron chi connectivity index (χ4n) is 1.75. The molecule has 16 heavy (non-hydrogen) atoms.